The van der Waals surface area contributed by atoms with Gasteiger partial charge in [-0.2, -0.15) is 0 Å². The molecule has 0 aromatic rings. The molecule has 0 fully saturated rings. The quantitative estimate of drug-likeness (QED) is 0.494. The monoisotopic (exact) mass is 303 g/mol. The van der Waals surface area contributed by atoms with Gasteiger partial charge in [-0.25, -0.2) is 0 Å². The van der Waals surface area contributed by atoms with Crippen LogP contribution in [-0.4, -0.2) is 6.72 Å². The normalized spacial score (nSPS) is 8.48. The van der Waals surface area contributed by atoms with Crippen molar-refractivity contribution in [3.63, 3.8) is 0 Å². The zero-order valence-corrected chi connectivity index (χ0v) is 17.5. The van der Waals surface area contributed by atoms with Crippen LogP contribution < -0.4 is 0 Å². The van der Waals surface area contributed by atoms with Gasteiger partial charge < -0.3 is 5.41 Å². The van der Waals surface area contributed by atoms with Crippen LogP contribution in [0.5, 0.6) is 0 Å². The zero-order valence-electron chi connectivity index (χ0n) is 17.5. The van der Waals surface area contributed by atoms with Gasteiger partial charge >= 0.3 is 0 Å². The van der Waals surface area contributed by atoms with Crippen molar-refractivity contribution in [1.82, 2.24) is 0 Å². The molecule has 0 unspecified atom stereocenters. The summed E-state index contributed by atoms with van der Waals surface area (Å²) in [7, 11) is 0. The Morgan fingerprint density at radius 2 is 1.00 bits per heavy atom. The van der Waals surface area contributed by atoms with Crippen LogP contribution in [-0.2, 0) is 0 Å². The number of hydrogen-bond donors (Lipinski definition) is 1. The molecule has 1 heteroatoms. The molecule has 0 saturated carbocycles. The summed E-state index contributed by atoms with van der Waals surface area (Å²) in [5, 5.41) is 5.50. The van der Waals surface area contributed by atoms with Gasteiger partial charge in [-0.15, -0.1) is 0 Å². The molecule has 0 heterocycles. The largest absolute Gasteiger partial charge is 0.317 e. The second-order valence-electron chi connectivity index (χ2n) is 6.27. The predicted octanol–water partition coefficient (Wildman–Crippen LogP) is 8.23. The van der Waals surface area contributed by atoms with Crippen molar-refractivity contribution in [2.24, 2.45) is 17.8 Å². The standard InChI is InChI=1S/2C7H16.C3H8.C2H6.CH3N/c1-6(2)5-7(3)4;1-4-5-6-7(2)3;1-3-2;2*1-2/h6-7H,5H2,1-4H3;7H,4-6H2,1-3H3;3H2,1-2H3;1-2H3;2H,1H2. The summed E-state index contributed by atoms with van der Waals surface area (Å²) < 4.78 is 0. The minimum absolute atomic E-state index is 0.875. The van der Waals surface area contributed by atoms with Crippen LogP contribution >= 0.6 is 0 Å². The topological polar surface area (TPSA) is 23.9 Å². The van der Waals surface area contributed by atoms with Gasteiger partial charge in [0.15, 0.2) is 0 Å². The molecule has 0 aromatic heterocycles. The van der Waals surface area contributed by atoms with Crippen molar-refractivity contribution < 1.29 is 0 Å². The van der Waals surface area contributed by atoms with Crippen LogP contribution in [0.4, 0.5) is 0 Å². The van der Waals surface area contributed by atoms with Crippen LogP contribution in [0.3, 0.4) is 0 Å². The van der Waals surface area contributed by atoms with E-state index in [1.807, 2.05) is 13.8 Å². The van der Waals surface area contributed by atoms with Crippen molar-refractivity contribution >= 4 is 6.72 Å². The molecule has 0 rings (SSSR count). The fraction of sp³-hybridized carbons (Fsp3) is 0.950. The van der Waals surface area contributed by atoms with E-state index in [2.05, 4.69) is 69.0 Å². The van der Waals surface area contributed by atoms with Gasteiger partial charge in [0, 0.05) is 0 Å². The smallest absolute Gasteiger partial charge is 0.0187 e. The Kier molecular flexibility index (Phi) is 56.9. The summed E-state index contributed by atoms with van der Waals surface area (Å²) in [6, 6.07) is 0. The molecule has 0 aliphatic heterocycles. The van der Waals surface area contributed by atoms with Crippen molar-refractivity contribution in [3.8, 4) is 0 Å². The first kappa shape index (κ1) is 32.6. The summed E-state index contributed by atoms with van der Waals surface area (Å²) in [5.74, 6) is 2.65. The first-order chi connectivity index (χ1) is 9.81. The molecular weight excluding hydrogens is 254 g/mol. The van der Waals surface area contributed by atoms with E-state index in [1.165, 1.54) is 32.1 Å². The van der Waals surface area contributed by atoms with Crippen LogP contribution in [0.2, 0.25) is 0 Å². The molecule has 0 aliphatic carbocycles. The molecule has 1 N–H and O–H groups in total. The molecule has 0 aliphatic rings. The van der Waals surface area contributed by atoms with E-state index in [9.17, 15) is 0 Å². The second-order valence-corrected chi connectivity index (χ2v) is 6.27. The molecule has 0 amide bonds. The maximum absolute atomic E-state index is 5.50. The lowest BCUT2D eigenvalue weighted by Gasteiger charge is -2.05. The molecule has 0 saturated heterocycles. The maximum atomic E-state index is 5.50. The van der Waals surface area contributed by atoms with Crippen molar-refractivity contribution in [2.45, 2.75) is 108 Å². The van der Waals surface area contributed by atoms with E-state index in [4.69, 9.17) is 5.41 Å². The number of nitrogens with one attached hydrogen (secondary N) is 1. The average Bonchev–Trinajstić information content (AvgIpc) is 2.41. The zero-order chi connectivity index (χ0) is 18.3. The van der Waals surface area contributed by atoms with Crippen LogP contribution in [0.15, 0.2) is 0 Å². The molecule has 0 atom stereocenters. The van der Waals surface area contributed by atoms with Gasteiger partial charge in [0.05, 0.1) is 0 Å². The molecule has 0 bridgehead atoms. The first-order valence-electron chi connectivity index (χ1n) is 9.16. The Balaban J connectivity index is -0.0000000573. The number of unbranched alkanes of at least 4 members (excludes halogenated alkanes) is 1. The van der Waals surface area contributed by atoms with E-state index < -0.39 is 0 Å². The SMILES string of the molecule is C=N.CC.CC(C)CC(C)C.CCC.CCCCC(C)C. The van der Waals surface area contributed by atoms with Gasteiger partial charge in [0.25, 0.3) is 0 Å². The first-order valence-corrected chi connectivity index (χ1v) is 9.16. The minimum Gasteiger partial charge on any atom is -0.317 e. The summed E-state index contributed by atoms with van der Waals surface area (Å²) in [6.45, 7) is 26.6. The lowest BCUT2D eigenvalue weighted by molar-refractivity contribution is 0.469. The third-order valence-electron chi connectivity index (χ3n) is 2.08. The van der Waals surface area contributed by atoms with Crippen molar-refractivity contribution in [3.05, 3.63) is 0 Å². The Bertz CT molecular complexity index is 111. The van der Waals surface area contributed by atoms with E-state index in [-0.39, 0.29) is 0 Å². The van der Waals surface area contributed by atoms with Gasteiger partial charge in [0.1, 0.15) is 0 Å². The van der Waals surface area contributed by atoms with Gasteiger partial charge in [-0.05, 0) is 30.9 Å². The van der Waals surface area contributed by atoms with E-state index in [0.29, 0.717) is 0 Å². The molecular formula is C20H49N. The Hall–Kier alpha value is -0.330. The van der Waals surface area contributed by atoms with Crippen LogP contribution in [0, 0.1) is 23.2 Å². The lowest BCUT2D eigenvalue weighted by atomic mass is 10.0. The molecule has 1 nitrogen and oxygen atoms in total. The number of hydrogen-bond acceptors (Lipinski definition) is 1. The molecule has 134 valence electrons. The molecule has 0 aromatic carbocycles. The van der Waals surface area contributed by atoms with Gasteiger partial charge in [-0.3, -0.25) is 0 Å². The second kappa shape index (κ2) is 36.7. The van der Waals surface area contributed by atoms with Crippen LogP contribution in [0.1, 0.15) is 108 Å². The van der Waals surface area contributed by atoms with Crippen LogP contribution in [0.25, 0.3) is 0 Å². The summed E-state index contributed by atoms with van der Waals surface area (Å²) in [6.07, 6.45) is 6.76. The lowest BCUT2D eigenvalue weighted by Crippen LogP contribution is -1.93. The Labute approximate surface area is 138 Å². The van der Waals surface area contributed by atoms with Crippen molar-refractivity contribution in [1.29, 1.82) is 5.41 Å². The van der Waals surface area contributed by atoms with E-state index in [1.54, 1.807) is 0 Å². The molecule has 0 radical (unpaired) electrons. The summed E-state index contributed by atoms with van der Waals surface area (Å²) in [4.78, 5) is 0. The highest BCUT2D eigenvalue weighted by atomic mass is 14.2. The fourth-order valence-electron chi connectivity index (χ4n) is 1.56. The third-order valence-corrected chi connectivity index (χ3v) is 2.08. The van der Waals surface area contributed by atoms with E-state index >= 15 is 0 Å². The third kappa shape index (κ3) is 104. The summed E-state index contributed by atoms with van der Waals surface area (Å²) in [5.41, 5.74) is 0. The number of rotatable bonds is 5. The average molecular weight is 304 g/mol. The maximum Gasteiger partial charge on any atom is -0.0187 e. The Morgan fingerprint density at radius 1 is 0.714 bits per heavy atom. The Morgan fingerprint density at radius 3 is 1.05 bits per heavy atom. The molecule has 21 heavy (non-hydrogen) atoms. The minimum atomic E-state index is 0.875. The van der Waals surface area contributed by atoms with Crippen molar-refractivity contribution in [2.75, 3.05) is 0 Å². The fourth-order valence-corrected chi connectivity index (χ4v) is 1.56. The predicted molar refractivity (Wildman–Crippen MR) is 106 cm³/mol. The van der Waals surface area contributed by atoms with Gasteiger partial charge in [-0.1, -0.05) is 102 Å². The highest BCUT2D eigenvalue weighted by Gasteiger charge is 1.95. The highest BCUT2D eigenvalue weighted by Crippen LogP contribution is 2.08. The molecule has 0 spiro atoms. The van der Waals surface area contributed by atoms with Gasteiger partial charge in [0.2, 0.25) is 0 Å². The summed E-state index contributed by atoms with van der Waals surface area (Å²) >= 11 is 0. The van der Waals surface area contributed by atoms with E-state index in [0.717, 1.165) is 17.8 Å². The highest BCUT2D eigenvalue weighted by molar-refractivity contribution is 5.15.